The van der Waals surface area contributed by atoms with Crippen molar-refractivity contribution in [2.45, 2.75) is 0 Å². The molecule has 74 valence electrons. The Bertz CT molecular complexity index is 588. The lowest BCUT2D eigenvalue weighted by molar-refractivity contribution is 0.466. The highest BCUT2D eigenvalue weighted by Gasteiger charge is 2.14. The van der Waals surface area contributed by atoms with Gasteiger partial charge in [-0.3, -0.25) is 4.55 Å². The fourth-order valence-electron chi connectivity index (χ4n) is 1.09. The van der Waals surface area contributed by atoms with Gasteiger partial charge in [-0.15, -0.1) is 9.19 Å². The molecule has 3 N–H and O–H groups in total. The number of benzene rings is 1. The summed E-state index contributed by atoms with van der Waals surface area (Å²) in [5.41, 5.74) is 6.39. The van der Waals surface area contributed by atoms with E-state index in [0.29, 0.717) is 15.3 Å². The van der Waals surface area contributed by atoms with Crippen LogP contribution >= 0.6 is 0 Å². The smallest absolute Gasteiger partial charge is 0.380 e. The molecule has 0 saturated carbocycles. The molecule has 0 amide bonds. The minimum atomic E-state index is -4.40. The van der Waals surface area contributed by atoms with Crippen molar-refractivity contribution in [2.75, 3.05) is 5.73 Å². The molecule has 0 radical (unpaired) electrons. The fourth-order valence-corrected chi connectivity index (χ4v) is 1.62. The van der Waals surface area contributed by atoms with Crippen molar-refractivity contribution in [3.05, 3.63) is 18.2 Å². The molecule has 1 aromatic heterocycles. The highest BCUT2D eigenvalue weighted by atomic mass is 32.2. The molecule has 8 heteroatoms. The SMILES string of the molecule is Nc1ccc2c(c1)nnn2S(=O)(=O)O. The molecule has 0 aliphatic heterocycles. The van der Waals surface area contributed by atoms with Crippen LogP contribution in [0.3, 0.4) is 0 Å². The first-order chi connectivity index (χ1) is 6.48. The van der Waals surface area contributed by atoms with Gasteiger partial charge in [0, 0.05) is 5.69 Å². The number of anilines is 1. The number of nitrogen functional groups attached to an aromatic ring is 1. The van der Waals surface area contributed by atoms with Crippen LogP contribution in [0.25, 0.3) is 11.0 Å². The van der Waals surface area contributed by atoms with Gasteiger partial charge in [0.2, 0.25) is 0 Å². The van der Waals surface area contributed by atoms with Crippen LogP contribution in [0.2, 0.25) is 0 Å². The Morgan fingerprint density at radius 3 is 2.79 bits per heavy atom. The van der Waals surface area contributed by atoms with Gasteiger partial charge in [-0.05, 0) is 23.4 Å². The molecule has 2 aromatic rings. The number of hydrogen-bond acceptors (Lipinski definition) is 5. The van der Waals surface area contributed by atoms with Crippen LogP contribution in [0.15, 0.2) is 18.2 Å². The molecule has 1 aromatic carbocycles. The van der Waals surface area contributed by atoms with Gasteiger partial charge in [0.25, 0.3) is 0 Å². The lowest BCUT2D eigenvalue weighted by Gasteiger charge is -1.96. The highest BCUT2D eigenvalue weighted by molar-refractivity contribution is 7.84. The third-order valence-electron chi connectivity index (χ3n) is 1.66. The van der Waals surface area contributed by atoms with E-state index in [9.17, 15) is 8.42 Å². The van der Waals surface area contributed by atoms with Gasteiger partial charge < -0.3 is 5.73 Å². The number of aromatic nitrogens is 3. The van der Waals surface area contributed by atoms with Crippen molar-refractivity contribution < 1.29 is 13.0 Å². The molecular weight excluding hydrogens is 208 g/mol. The fraction of sp³-hybridized carbons (Fsp3) is 0. The first kappa shape index (κ1) is 8.91. The molecule has 0 fully saturated rings. The van der Waals surface area contributed by atoms with Crippen molar-refractivity contribution in [3.8, 4) is 0 Å². The lowest BCUT2D eigenvalue weighted by Crippen LogP contribution is -2.12. The van der Waals surface area contributed by atoms with E-state index in [1.807, 2.05) is 0 Å². The summed E-state index contributed by atoms with van der Waals surface area (Å²) in [6.07, 6.45) is 0. The van der Waals surface area contributed by atoms with Gasteiger partial charge >= 0.3 is 10.3 Å². The Kier molecular flexibility index (Phi) is 1.69. The largest absolute Gasteiger partial charge is 0.399 e. The molecule has 0 saturated heterocycles. The Labute approximate surface area is 79.0 Å². The zero-order valence-corrected chi connectivity index (χ0v) is 7.64. The second-order valence-corrected chi connectivity index (χ2v) is 3.90. The summed E-state index contributed by atoms with van der Waals surface area (Å²) in [5.74, 6) is 0. The Morgan fingerprint density at radius 2 is 2.14 bits per heavy atom. The summed E-state index contributed by atoms with van der Waals surface area (Å²) in [6, 6.07) is 4.37. The van der Waals surface area contributed by atoms with E-state index < -0.39 is 10.3 Å². The van der Waals surface area contributed by atoms with E-state index in [-0.39, 0.29) is 5.52 Å². The Balaban J connectivity index is 2.83. The van der Waals surface area contributed by atoms with E-state index >= 15 is 0 Å². The maximum atomic E-state index is 10.8. The first-order valence-corrected chi connectivity index (χ1v) is 4.97. The van der Waals surface area contributed by atoms with Crippen molar-refractivity contribution in [1.29, 1.82) is 0 Å². The molecule has 1 heterocycles. The zero-order valence-electron chi connectivity index (χ0n) is 6.82. The van der Waals surface area contributed by atoms with Gasteiger partial charge in [-0.1, -0.05) is 0 Å². The second-order valence-electron chi connectivity index (χ2n) is 2.66. The van der Waals surface area contributed by atoms with Crippen LogP contribution in [0.5, 0.6) is 0 Å². The van der Waals surface area contributed by atoms with Crippen LogP contribution in [0.4, 0.5) is 5.69 Å². The van der Waals surface area contributed by atoms with Gasteiger partial charge in [-0.25, -0.2) is 0 Å². The summed E-state index contributed by atoms with van der Waals surface area (Å²) in [7, 11) is -4.40. The summed E-state index contributed by atoms with van der Waals surface area (Å²) in [5, 5.41) is 6.82. The van der Waals surface area contributed by atoms with E-state index in [1.54, 1.807) is 0 Å². The predicted molar refractivity (Wildman–Crippen MR) is 48.9 cm³/mol. The number of hydrogen-bond donors (Lipinski definition) is 2. The van der Waals surface area contributed by atoms with Crippen LogP contribution in [0.1, 0.15) is 0 Å². The lowest BCUT2D eigenvalue weighted by atomic mass is 10.3. The topological polar surface area (TPSA) is 111 Å². The minimum Gasteiger partial charge on any atom is -0.399 e. The summed E-state index contributed by atoms with van der Waals surface area (Å²) in [4.78, 5) is 0. The minimum absolute atomic E-state index is 0.182. The zero-order chi connectivity index (χ0) is 10.3. The maximum absolute atomic E-state index is 10.8. The van der Waals surface area contributed by atoms with Crippen molar-refractivity contribution in [3.63, 3.8) is 0 Å². The molecule has 0 atom stereocenters. The Hall–Kier alpha value is -1.67. The van der Waals surface area contributed by atoms with Gasteiger partial charge in [0.1, 0.15) is 11.0 Å². The molecule has 0 unspecified atom stereocenters. The number of nitrogens with zero attached hydrogens (tertiary/aromatic N) is 3. The highest BCUT2D eigenvalue weighted by Crippen LogP contribution is 2.15. The third kappa shape index (κ3) is 1.30. The molecule has 0 aliphatic rings. The van der Waals surface area contributed by atoms with Crippen LogP contribution in [-0.2, 0) is 10.3 Å². The molecule has 2 rings (SSSR count). The monoisotopic (exact) mass is 214 g/mol. The van der Waals surface area contributed by atoms with Gasteiger partial charge in [0.05, 0.1) is 0 Å². The van der Waals surface area contributed by atoms with Crippen molar-refractivity contribution in [1.82, 2.24) is 14.4 Å². The predicted octanol–water partition coefficient (Wildman–Crippen LogP) is -0.336. The summed E-state index contributed by atoms with van der Waals surface area (Å²) >= 11 is 0. The third-order valence-corrected chi connectivity index (χ3v) is 2.36. The van der Waals surface area contributed by atoms with Crippen molar-refractivity contribution >= 4 is 27.0 Å². The average molecular weight is 214 g/mol. The number of rotatable bonds is 1. The normalized spacial score (nSPS) is 12.1. The summed E-state index contributed by atoms with van der Waals surface area (Å²) < 4.78 is 30.7. The standard InChI is InChI=1S/C6H6N4O3S/c7-4-1-2-6-5(3-4)8-9-10(6)14(11,12)13/h1-3H,7H2,(H,11,12,13). The Morgan fingerprint density at radius 1 is 1.43 bits per heavy atom. The quantitative estimate of drug-likeness (QED) is 0.496. The van der Waals surface area contributed by atoms with E-state index in [1.165, 1.54) is 18.2 Å². The van der Waals surface area contributed by atoms with E-state index in [4.69, 9.17) is 10.3 Å². The van der Waals surface area contributed by atoms with Crippen LogP contribution < -0.4 is 5.73 Å². The number of nitrogens with two attached hydrogens (primary N) is 1. The number of fused-ring (bicyclic) bond motifs is 1. The van der Waals surface area contributed by atoms with Crippen LogP contribution in [-0.4, -0.2) is 27.4 Å². The van der Waals surface area contributed by atoms with E-state index in [0.717, 1.165) is 0 Å². The molecule has 0 aliphatic carbocycles. The van der Waals surface area contributed by atoms with Gasteiger partial charge in [-0.2, -0.15) is 8.42 Å². The van der Waals surface area contributed by atoms with Gasteiger partial charge in [0.15, 0.2) is 0 Å². The van der Waals surface area contributed by atoms with Crippen molar-refractivity contribution in [2.24, 2.45) is 0 Å². The second kappa shape index (κ2) is 2.66. The van der Waals surface area contributed by atoms with Crippen LogP contribution in [0, 0.1) is 0 Å². The molecule has 7 nitrogen and oxygen atoms in total. The maximum Gasteiger partial charge on any atom is 0.380 e. The average Bonchev–Trinajstić information content (AvgIpc) is 2.45. The molecule has 14 heavy (non-hydrogen) atoms. The van der Waals surface area contributed by atoms with E-state index in [2.05, 4.69) is 10.3 Å². The first-order valence-electron chi connectivity index (χ1n) is 3.57. The molecular formula is C6H6N4O3S. The summed E-state index contributed by atoms with van der Waals surface area (Å²) in [6.45, 7) is 0. The molecule has 0 bridgehead atoms. The molecule has 0 spiro atoms.